The van der Waals surface area contributed by atoms with Crippen molar-refractivity contribution in [1.29, 1.82) is 0 Å². The minimum absolute atomic E-state index is 0.495. The highest BCUT2D eigenvalue weighted by molar-refractivity contribution is 5.26. The molecule has 0 aliphatic heterocycles. The van der Waals surface area contributed by atoms with Gasteiger partial charge in [0.15, 0.2) is 0 Å². The van der Waals surface area contributed by atoms with Crippen LogP contribution >= 0.6 is 0 Å². The van der Waals surface area contributed by atoms with Crippen LogP contribution in [0, 0.1) is 19.8 Å². The molecule has 2 atom stereocenters. The first kappa shape index (κ1) is 12.7. The normalized spacial score (nSPS) is 21.2. The highest BCUT2D eigenvalue weighted by atomic mass is 16.3. The Labute approximate surface area is 103 Å². The maximum absolute atomic E-state index is 10.5. The molecule has 0 aromatic carbocycles. The summed E-state index contributed by atoms with van der Waals surface area (Å²) in [5.74, 6) is 2.47. The summed E-state index contributed by atoms with van der Waals surface area (Å²) in [6, 6.07) is 2.42. The molecule has 1 heterocycles. The molecule has 0 amide bonds. The van der Waals surface area contributed by atoms with Gasteiger partial charge in [-0.15, -0.1) is 0 Å². The molecule has 1 aliphatic rings. The van der Waals surface area contributed by atoms with E-state index in [1.165, 1.54) is 12.8 Å². The molecular formula is C14H23NO2. The highest BCUT2D eigenvalue weighted by Gasteiger charge is 2.32. The lowest BCUT2D eigenvalue weighted by Crippen LogP contribution is -2.40. The Kier molecular flexibility index (Phi) is 3.32. The molecular weight excluding hydrogens is 214 g/mol. The van der Waals surface area contributed by atoms with Gasteiger partial charge >= 0.3 is 0 Å². The zero-order valence-corrected chi connectivity index (χ0v) is 11.2. The first-order valence-corrected chi connectivity index (χ1v) is 6.43. The van der Waals surface area contributed by atoms with Crippen LogP contribution in [0.5, 0.6) is 0 Å². The lowest BCUT2D eigenvalue weighted by Gasteiger charge is -2.25. The van der Waals surface area contributed by atoms with Gasteiger partial charge in [-0.3, -0.25) is 0 Å². The standard InChI is InChI=1S/C14H23NO2/c1-9-7-13(11(3)17-9)14(4,16)8-15-10(2)12-5-6-12/h7,10,12,15-16H,5-6,8H2,1-4H3. The quantitative estimate of drug-likeness (QED) is 0.827. The molecule has 0 bridgehead atoms. The Morgan fingerprint density at radius 3 is 2.65 bits per heavy atom. The van der Waals surface area contributed by atoms with E-state index in [-0.39, 0.29) is 0 Å². The molecule has 1 saturated carbocycles. The maximum Gasteiger partial charge on any atom is 0.107 e. The zero-order valence-electron chi connectivity index (χ0n) is 11.2. The first-order chi connectivity index (χ1) is 7.90. The van der Waals surface area contributed by atoms with E-state index in [9.17, 15) is 5.11 Å². The van der Waals surface area contributed by atoms with Crippen LogP contribution in [-0.4, -0.2) is 17.7 Å². The van der Waals surface area contributed by atoms with Crippen molar-refractivity contribution in [2.24, 2.45) is 5.92 Å². The Balaban J connectivity index is 1.99. The number of rotatable bonds is 5. The van der Waals surface area contributed by atoms with E-state index in [0.29, 0.717) is 12.6 Å². The van der Waals surface area contributed by atoms with Crippen LogP contribution in [0.25, 0.3) is 0 Å². The molecule has 96 valence electrons. The van der Waals surface area contributed by atoms with Crippen molar-refractivity contribution >= 4 is 0 Å². The van der Waals surface area contributed by atoms with Crippen LogP contribution in [0.3, 0.4) is 0 Å². The fourth-order valence-corrected chi connectivity index (χ4v) is 2.38. The fourth-order valence-electron chi connectivity index (χ4n) is 2.38. The van der Waals surface area contributed by atoms with Crippen LogP contribution < -0.4 is 5.32 Å². The molecule has 3 heteroatoms. The van der Waals surface area contributed by atoms with Crippen LogP contribution in [-0.2, 0) is 5.60 Å². The van der Waals surface area contributed by atoms with E-state index in [1.54, 1.807) is 0 Å². The average Bonchev–Trinajstić information content (AvgIpc) is 3.01. The molecule has 3 nitrogen and oxygen atoms in total. The van der Waals surface area contributed by atoms with Crippen LogP contribution in [0.4, 0.5) is 0 Å². The predicted octanol–water partition coefficient (Wildman–Crippen LogP) is 2.49. The zero-order chi connectivity index (χ0) is 12.6. The molecule has 2 N–H and O–H groups in total. The summed E-state index contributed by atoms with van der Waals surface area (Å²) >= 11 is 0. The molecule has 17 heavy (non-hydrogen) atoms. The molecule has 2 unspecified atom stereocenters. The Morgan fingerprint density at radius 1 is 1.53 bits per heavy atom. The van der Waals surface area contributed by atoms with E-state index < -0.39 is 5.60 Å². The van der Waals surface area contributed by atoms with Crippen LogP contribution in [0.2, 0.25) is 0 Å². The maximum atomic E-state index is 10.5. The summed E-state index contributed by atoms with van der Waals surface area (Å²) in [6.07, 6.45) is 2.64. The molecule has 1 aromatic heterocycles. The van der Waals surface area contributed by atoms with Gasteiger partial charge in [-0.2, -0.15) is 0 Å². The van der Waals surface area contributed by atoms with E-state index in [2.05, 4.69) is 12.2 Å². The van der Waals surface area contributed by atoms with Gasteiger partial charge in [0.2, 0.25) is 0 Å². The van der Waals surface area contributed by atoms with E-state index in [4.69, 9.17) is 4.42 Å². The Morgan fingerprint density at radius 2 is 2.18 bits per heavy atom. The number of aryl methyl sites for hydroxylation is 2. The van der Waals surface area contributed by atoms with Gasteiger partial charge in [0.05, 0.1) is 0 Å². The Hall–Kier alpha value is -0.800. The van der Waals surface area contributed by atoms with E-state index >= 15 is 0 Å². The van der Waals surface area contributed by atoms with Crippen molar-refractivity contribution in [1.82, 2.24) is 5.32 Å². The number of nitrogens with one attached hydrogen (secondary N) is 1. The minimum Gasteiger partial charge on any atom is -0.466 e. The topological polar surface area (TPSA) is 45.4 Å². The summed E-state index contributed by atoms with van der Waals surface area (Å²) in [6.45, 7) is 8.43. The van der Waals surface area contributed by atoms with Gasteiger partial charge in [0, 0.05) is 18.2 Å². The molecule has 1 aliphatic carbocycles. The van der Waals surface area contributed by atoms with Crippen molar-refractivity contribution in [3.63, 3.8) is 0 Å². The largest absolute Gasteiger partial charge is 0.466 e. The molecule has 0 saturated heterocycles. The third-order valence-corrected chi connectivity index (χ3v) is 3.72. The second-order valence-electron chi connectivity index (χ2n) is 5.61. The van der Waals surface area contributed by atoms with Crippen molar-refractivity contribution < 1.29 is 9.52 Å². The van der Waals surface area contributed by atoms with Gasteiger partial charge < -0.3 is 14.8 Å². The summed E-state index contributed by atoms with van der Waals surface area (Å²) in [5.41, 5.74) is 0.0378. The number of hydrogen-bond donors (Lipinski definition) is 2. The molecule has 0 spiro atoms. The fraction of sp³-hybridized carbons (Fsp3) is 0.714. The molecule has 1 fully saturated rings. The first-order valence-electron chi connectivity index (χ1n) is 6.43. The summed E-state index contributed by atoms with van der Waals surface area (Å²) in [7, 11) is 0. The van der Waals surface area contributed by atoms with Crippen molar-refractivity contribution in [2.45, 2.75) is 52.2 Å². The van der Waals surface area contributed by atoms with Crippen molar-refractivity contribution in [3.05, 3.63) is 23.2 Å². The van der Waals surface area contributed by atoms with Crippen LogP contribution in [0.1, 0.15) is 43.8 Å². The van der Waals surface area contributed by atoms with Crippen LogP contribution in [0.15, 0.2) is 10.5 Å². The smallest absolute Gasteiger partial charge is 0.107 e. The van der Waals surface area contributed by atoms with Gasteiger partial charge in [0.25, 0.3) is 0 Å². The average molecular weight is 237 g/mol. The molecule has 0 radical (unpaired) electrons. The second-order valence-corrected chi connectivity index (χ2v) is 5.61. The highest BCUT2D eigenvalue weighted by Crippen LogP contribution is 2.33. The predicted molar refractivity (Wildman–Crippen MR) is 67.9 cm³/mol. The van der Waals surface area contributed by atoms with Gasteiger partial charge in [0.1, 0.15) is 17.1 Å². The monoisotopic (exact) mass is 237 g/mol. The summed E-state index contributed by atoms with van der Waals surface area (Å²) < 4.78 is 5.48. The lowest BCUT2D eigenvalue weighted by atomic mass is 9.95. The number of hydrogen-bond acceptors (Lipinski definition) is 3. The summed E-state index contributed by atoms with van der Waals surface area (Å²) in [4.78, 5) is 0. The van der Waals surface area contributed by atoms with Gasteiger partial charge in [-0.1, -0.05) is 0 Å². The minimum atomic E-state index is -0.856. The van der Waals surface area contributed by atoms with Crippen molar-refractivity contribution in [3.8, 4) is 0 Å². The lowest BCUT2D eigenvalue weighted by molar-refractivity contribution is 0.0522. The third kappa shape index (κ3) is 2.90. The van der Waals surface area contributed by atoms with Crippen molar-refractivity contribution in [2.75, 3.05) is 6.54 Å². The SMILES string of the molecule is Cc1cc(C(C)(O)CNC(C)C2CC2)c(C)o1. The van der Waals surface area contributed by atoms with E-state index in [1.807, 2.05) is 26.8 Å². The second kappa shape index (κ2) is 4.46. The number of aliphatic hydroxyl groups is 1. The third-order valence-electron chi connectivity index (χ3n) is 3.72. The molecule has 1 aromatic rings. The van der Waals surface area contributed by atoms with Gasteiger partial charge in [-0.25, -0.2) is 0 Å². The summed E-state index contributed by atoms with van der Waals surface area (Å²) in [5, 5.41) is 13.9. The molecule has 2 rings (SSSR count). The van der Waals surface area contributed by atoms with E-state index in [0.717, 1.165) is 23.0 Å². The Bertz CT molecular complexity index is 391. The number of furan rings is 1. The van der Waals surface area contributed by atoms with Gasteiger partial charge in [-0.05, 0) is 52.5 Å².